The Morgan fingerprint density at radius 2 is 1.66 bits per heavy atom. The lowest BCUT2D eigenvalue weighted by molar-refractivity contribution is -0.112. The molecule has 2 aromatic carbocycles. The van der Waals surface area contributed by atoms with E-state index in [1.54, 1.807) is 42.5 Å². The number of allylic oxidation sites excluding steroid dienone is 1. The number of ketones is 1. The van der Waals surface area contributed by atoms with Gasteiger partial charge in [-0.1, -0.05) is 30.3 Å². The lowest BCUT2D eigenvalue weighted by Crippen LogP contribution is -2.48. The quantitative estimate of drug-likeness (QED) is 0.724. The van der Waals surface area contributed by atoms with Crippen molar-refractivity contribution in [1.29, 1.82) is 0 Å². The summed E-state index contributed by atoms with van der Waals surface area (Å²) in [6, 6.07) is 13.7. The highest BCUT2D eigenvalue weighted by Crippen LogP contribution is 2.41. The molecule has 164 valence electrons. The number of hydrogen-bond donors (Lipinski definition) is 2. The molecular weight excluding hydrogens is 406 g/mol. The molecule has 0 saturated carbocycles. The molecule has 5 rings (SSSR count). The van der Waals surface area contributed by atoms with Gasteiger partial charge in [-0.3, -0.25) is 14.5 Å². The number of likely N-dealkylation sites (N-methyl/N-ethyl adjacent to an activating group) is 1. The van der Waals surface area contributed by atoms with Crippen LogP contribution in [0.1, 0.15) is 15.9 Å². The summed E-state index contributed by atoms with van der Waals surface area (Å²) in [6.07, 6.45) is 0. The second kappa shape index (κ2) is 8.22. The van der Waals surface area contributed by atoms with Gasteiger partial charge < -0.3 is 15.5 Å². The van der Waals surface area contributed by atoms with E-state index in [0.717, 1.165) is 37.6 Å². The van der Waals surface area contributed by atoms with Crippen LogP contribution >= 0.6 is 0 Å². The van der Waals surface area contributed by atoms with Gasteiger partial charge in [-0.2, -0.15) is 0 Å². The monoisotopic (exact) mass is 431 g/mol. The molecule has 0 aliphatic carbocycles. The lowest BCUT2D eigenvalue weighted by Gasteiger charge is -2.32. The van der Waals surface area contributed by atoms with E-state index in [9.17, 15) is 14.4 Å². The maximum Gasteiger partial charge on any atom is 0.329 e. The number of nitrogens with zero attached hydrogens (tertiary/aromatic N) is 3. The number of carbonyl (C=O) groups is 3. The van der Waals surface area contributed by atoms with Crippen LogP contribution in [0, 0.1) is 0 Å². The molecule has 3 aliphatic rings. The maximum atomic E-state index is 13.4. The van der Waals surface area contributed by atoms with Crippen molar-refractivity contribution in [3.8, 4) is 0 Å². The Balaban J connectivity index is 1.37. The van der Waals surface area contributed by atoms with Gasteiger partial charge in [-0.15, -0.1) is 0 Å². The molecule has 3 amide bonds. The number of imide groups is 1. The Morgan fingerprint density at radius 1 is 0.969 bits per heavy atom. The van der Waals surface area contributed by atoms with Gasteiger partial charge in [0.15, 0.2) is 0 Å². The number of Topliss-reactive ketones (excluding diaryl/α,β-unsaturated/α-hetero) is 1. The van der Waals surface area contributed by atoms with Gasteiger partial charge in [0.25, 0.3) is 5.91 Å². The minimum Gasteiger partial charge on any atom is -0.351 e. The number of carbonyl (C=O) groups excluding carboxylic acids is 3. The van der Waals surface area contributed by atoms with Crippen molar-refractivity contribution in [2.24, 2.45) is 0 Å². The molecule has 8 heteroatoms. The molecule has 0 atom stereocenters. The third-order valence-corrected chi connectivity index (χ3v) is 6.24. The Kier molecular flexibility index (Phi) is 5.24. The molecule has 8 nitrogen and oxygen atoms in total. The Morgan fingerprint density at radius 3 is 2.41 bits per heavy atom. The Labute approximate surface area is 186 Å². The van der Waals surface area contributed by atoms with Gasteiger partial charge in [-0.05, 0) is 25.2 Å². The first-order chi connectivity index (χ1) is 15.5. The first-order valence-electron chi connectivity index (χ1n) is 10.8. The van der Waals surface area contributed by atoms with Crippen molar-refractivity contribution >= 4 is 34.7 Å². The maximum absolute atomic E-state index is 13.4. The summed E-state index contributed by atoms with van der Waals surface area (Å²) in [7, 11) is 2.10. The summed E-state index contributed by atoms with van der Waals surface area (Å²) >= 11 is 0. The van der Waals surface area contributed by atoms with Gasteiger partial charge in [-0.25, -0.2) is 9.69 Å². The number of benzene rings is 2. The third kappa shape index (κ3) is 3.47. The van der Waals surface area contributed by atoms with Crippen LogP contribution in [-0.4, -0.2) is 73.8 Å². The fraction of sp³-hybridized carbons (Fsp3) is 0.292. The number of amides is 3. The van der Waals surface area contributed by atoms with Crippen LogP contribution in [0.5, 0.6) is 0 Å². The molecule has 32 heavy (non-hydrogen) atoms. The van der Waals surface area contributed by atoms with Gasteiger partial charge in [0, 0.05) is 56.1 Å². The number of fused-ring (bicyclic) bond motifs is 2. The normalized spacial score (nSPS) is 20.8. The minimum atomic E-state index is -0.494. The average molecular weight is 431 g/mol. The number of rotatable bonds is 3. The Bertz CT molecular complexity index is 1130. The topological polar surface area (TPSA) is 85.0 Å². The molecule has 0 aromatic heterocycles. The van der Waals surface area contributed by atoms with Crippen LogP contribution in [0.15, 0.2) is 54.2 Å². The van der Waals surface area contributed by atoms with E-state index >= 15 is 0 Å². The van der Waals surface area contributed by atoms with Gasteiger partial charge in [0.1, 0.15) is 5.70 Å². The molecule has 2 aromatic rings. The molecule has 0 unspecified atom stereocenters. The van der Waals surface area contributed by atoms with Crippen LogP contribution in [0.4, 0.5) is 16.2 Å². The van der Waals surface area contributed by atoms with Gasteiger partial charge in [0.2, 0.25) is 5.78 Å². The molecule has 0 bridgehead atoms. The summed E-state index contributed by atoms with van der Waals surface area (Å²) in [5.41, 5.74) is 2.71. The molecule has 0 radical (unpaired) electrons. The van der Waals surface area contributed by atoms with E-state index in [2.05, 4.69) is 27.5 Å². The largest absolute Gasteiger partial charge is 0.351 e. The summed E-state index contributed by atoms with van der Waals surface area (Å²) in [6.45, 7) is 5.11. The number of nitrogens with one attached hydrogen (secondary N) is 2. The number of hydrogen-bond acceptors (Lipinski definition) is 6. The van der Waals surface area contributed by atoms with Crippen LogP contribution in [-0.2, 0) is 4.79 Å². The standard InChI is InChI=1S/C24H25N5O3/c1-27-12-14-28(15-13-27)11-10-25-24(32)29-19-9-5-3-7-17(19)20(23(29)31)21-22(30)16-6-2-4-8-18(16)26-21/h2-9,26H,10-15H2,1H3,(H,25,32)/b21-20-. The van der Waals surface area contributed by atoms with Crippen LogP contribution in [0.2, 0.25) is 0 Å². The summed E-state index contributed by atoms with van der Waals surface area (Å²) < 4.78 is 0. The third-order valence-electron chi connectivity index (χ3n) is 6.24. The first-order valence-corrected chi connectivity index (χ1v) is 10.8. The highest BCUT2D eigenvalue weighted by Gasteiger charge is 2.41. The number of urea groups is 1. The predicted molar refractivity (Wildman–Crippen MR) is 123 cm³/mol. The van der Waals surface area contributed by atoms with Crippen molar-refractivity contribution in [3.63, 3.8) is 0 Å². The molecule has 0 spiro atoms. The molecular formula is C24H25N5O3. The van der Waals surface area contributed by atoms with Crippen molar-refractivity contribution in [2.75, 3.05) is 56.5 Å². The second-order valence-electron chi connectivity index (χ2n) is 8.28. The van der Waals surface area contributed by atoms with Crippen LogP contribution in [0.3, 0.4) is 0 Å². The number of anilines is 2. The fourth-order valence-corrected chi connectivity index (χ4v) is 4.42. The summed E-state index contributed by atoms with van der Waals surface area (Å²) in [5.74, 6) is -0.733. The zero-order valence-corrected chi connectivity index (χ0v) is 17.9. The summed E-state index contributed by atoms with van der Waals surface area (Å²) in [4.78, 5) is 45.1. The molecule has 2 N–H and O–H groups in total. The summed E-state index contributed by atoms with van der Waals surface area (Å²) in [5, 5.41) is 5.96. The zero-order valence-electron chi connectivity index (χ0n) is 17.9. The van der Waals surface area contributed by atoms with E-state index in [1.807, 2.05) is 6.07 Å². The van der Waals surface area contributed by atoms with Gasteiger partial charge >= 0.3 is 6.03 Å². The highest BCUT2D eigenvalue weighted by atomic mass is 16.2. The second-order valence-corrected chi connectivity index (χ2v) is 8.28. The van der Waals surface area contributed by atoms with Crippen molar-refractivity contribution in [3.05, 3.63) is 65.4 Å². The van der Waals surface area contributed by atoms with Crippen LogP contribution in [0.25, 0.3) is 5.57 Å². The van der Waals surface area contributed by atoms with E-state index in [1.165, 1.54) is 0 Å². The van der Waals surface area contributed by atoms with E-state index in [-0.39, 0.29) is 17.1 Å². The van der Waals surface area contributed by atoms with Crippen molar-refractivity contribution < 1.29 is 14.4 Å². The predicted octanol–water partition coefficient (Wildman–Crippen LogP) is 2.01. The average Bonchev–Trinajstić information content (AvgIpc) is 3.28. The minimum absolute atomic E-state index is 0.219. The fourth-order valence-electron chi connectivity index (χ4n) is 4.42. The zero-order chi connectivity index (χ0) is 22.2. The number of piperazine rings is 1. The van der Waals surface area contributed by atoms with Crippen molar-refractivity contribution in [2.45, 2.75) is 0 Å². The molecule has 1 fully saturated rings. The smallest absolute Gasteiger partial charge is 0.329 e. The lowest BCUT2D eigenvalue weighted by atomic mass is 10.0. The molecule has 1 saturated heterocycles. The SMILES string of the molecule is CN1CCN(CCNC(=O)N2C(=O)/C(=C3\Nc4ccccc4C3=O)c3ccccc32)CC1. The van der Waals surface area contributed by atoms with E-state index in [0.29, 0.717) is 29.0 Å². The highest BCUT2D eigenvalue weighted by molar-refractivity contribution is 6.44. The van der Waals surface area contributed by atoms with Gasteiger partial charge in [0.05, 0.1) is 11.3 Å². The van der Waals surface area contributed by atoms with Crippen molar-refractivity contribution in [1.82, 2.24) is 15.1 Å². The molecule has 3 heterocycles. The first kappa shape index (κ1) is 20.4. The van der Waals surface area contributed by atoms with Crippen LogP contribution < -0.4 is 15.5 Å². The molecule has 3 aliphatic heterocycles. The van der Waals surface area contributed by atoms with E-state index in [4.69, 9.17) is 0 Å². The van der Waals surface area contributed by atoms with E-state index < -0.39 is 11.9 Å². The number of para-hydroxylation sites is 2. The Hall–Kier alpha value is -3.49.